The number of nitrogens with zero attached hydrogens (tertiary/aromatic N) is 3. The highest BCUT2D eigenvalue weighted by Gasteiger charge is 2.20. The second-order valence-corrected chi connectivity index (χ2v) is 6.25. The molecule has 114 valence electrons. The maximum atomic E-state index is 12.3. The van der Waals surface area contributed by atoms with E-state index in [-0.39, 0.29) is 4.90 Å². The highest BCUT2D eigenvalue weighted by Crippen LogP contribution is 2.15. The molecule has 1 heterocycles. The Morgan fingerprint density at radius 2 is 2.19 bits per heavy atom. The molecule has 1 aromatic heterocycles. The Balaban J connectivity index is 2.15. The first-order valence-corrected chi connectivity index (χ1v) is 8.06. The molecule has 0 radical (unpaired) electrons. The van der Waals surface area contributed by atoms with Gasteiger partial charge in [-0.25, -0.2) is 13.1 Å². The van der Waals surface area contributed by atoms with E-state index in [1.54, 1.807) is 25.1 Å². The quantitative estimate of drug-likeness (QED) is 0.680. The minimum atomic E-state index is -3.63. The third-order valence-electron chi connectivity index (χ3n) is 2.87. The Labute approximate surface area is 123 Å². The molecule has 9 heteroatoms. The van der Waals surface area contributed by atoms with Crippen molar-refractivity contribution in [1.29, 1.82) is 0 Å². The molecule has 0 aliphatic heterocycles. The Kier molecular flexibility index (Phi) is 4.99. The van der Waals surface area contributed by atoms with Gasteiger partial charge in [0.15, 0.2) is 5.82 Å². The molecule has 2 rings (SSSR count). The molecule has 0 aliphatic carbocycles. The molecule has 0 spiro atoms. The summed E-state index contributed by atoms with van der Waals surface area (Å²) in [5, 5.41) is 16.4. The lowest BCUT2D eigenvalue weighted by Crippen LogP contribution is -2.27. The van der Waals surface area contributed by atoms with Gasteiger partial charge < -0.3 is 5.32 Å². The van der Waals surface area contributed by atoms with Crippen molar-refractivity contribution >= 4 is 10.0 Å². The summed E-state index contributed by atoms with van der Waals surface area (Å²) in [7, 11) is -3.63. The van der Waals surface area contributed by atoms with Crippen LogP contribution < -0.4 is 10.0 Å². The first-order chi connectivity index (χ1) is 10.0. The zero-order chi connectivity index (χ0) is 15.3. The summed E-state index contributed by atoms with van der Waals surface area (Å²) < 4.78 is 27.2. The molecule has 1 atom stereocenters. The highest BCUT2D eigenvalue weighted by molar-refractivity contribution is 7.89. The Morgan fingerprint density at radius 3 is 2.86 bits per heavy atom. The van der Waals surface area contributed by atoms with Crippen LogP contribution in [0.25, 0.3) is 0 Å². The van der Waals surface area contributed by atoms with Crippen LogP contribution in [0.5, 0.6) is 0 Å². The van der Waals surface area contributed by atoms with E-state index in [0.717, 1.165) is 12.1 Å². The minimum absolute atomic E-state index is 0.216. The summed E-state index contributed by atoms with van der Waals surface area (Å²) in [6, 6.07) is 6.24. The summed E-state index contributed by atoms with van der Waals surface area (Å²) >= 11 is 0. The van der Waals surface area contributed by atoms with E-state index in [1.165, 1.54) is 0 Å². The van der Waals surface area contributed by atoms with E-state index in [1.807, 2.05) is 13.0 Å². The van der Waals surface area contributed by atoms with Gasteiger partial charge in [-0.3, -0.25) is 0 Å². The predicted molar refractivity (Wildman–Crippen MR) is 76.7 cm³/mol. The fraction of sp³-hybridized carbons (Fsp3) is 0.417. The lowest BCUT2D eigenvalue weighted by atomic mass is 10.2. The van der Waals surface area contributed by atoms with E-state index < -0.39 is 16.1 Å². The van der Waals surface area contributed by atoms with Crippen molar-refractivity contribution in [3.05, 3.63) is 35.7 Å². The second-order valence-electron chi connectivity index (χ2n) is 4.54. The molecule has 8 nitrogen and oxygen atoms in total. The SMILES string of the molecule is CCNCc1cccc(S(=O)(=O)NC(C)c2nn[nH]n2)c1. The van der Waals surface area contributed by atoms with Crippen molar-refractivity contribution in [2.75, 3.05) is 6.54 Å². The van der Waals surface area contributed by atoms with Crippen LogP contribution in [0.1, 0.15) is 31.3 Å². The molecular formula is C12H18N6O2S. The van der Waals surface area contributed by atoms with Gasteiger partial charge in [0.1, 0.15) is 0 Å². The fourth-order valence-electron chi connectivity index (χ4n) is 1.80. The van der Waals surface area contributed by atoms with Crippen molar-refractivity contribution in [1.82, 2.24) is 30.7 Å². The van der Waals surface area contributed by atoms with Crippen LogP contribution in [0.4, 0.5) is 0 Å². The molecule has 0 fully saturated rings. The molecule has 0 saturated carbocycles. The van der Waals surface area contributed by atoms with E-state index in [9.17, 15) is 8.42 Å². The molecule has 21 heavy (non-hydrogen) atoms. The van der Waals surface area contributed by atoms with Crippen LogP contribution >= 0.6 is 0 Å². The van der Waals surface area contributed by atoms with E-state index in [0.29, 0.717) is 12.4 Å². The number of hydrogen-bond acceptors (Lipinski definition) is 6. The molecular weight excluding hydrogens is 292 g/mol. The molecule has 1 aromatic carbocycles. The lowest BCUT2D eigenvalue weighted by Gasteiger charge is -2.12. The molecule has 0 amide bonds. The van der Waals surface area contributed by atoms with Gasteiger partial charge in [0.25, 0.3) is 0 Å². The average Bonchev–Trinajstić information content (AvgIpc) is 2.99. The fourth-order valence-corrected chi connectivity index (χ4v) is 3.07. The van der Waals surface area contributed by atoms with Gasteiger partial charge in [-0.1, -0.05) is 24.3 Å². The molecule has 0 saturated heterocycles. The van der Waals surface area contributed by atoms with Gasteiger partial charge >= 0.3 is 0 Å². The number of sulfonamides is 1. The number of rotatable bonds is 7. The number of hydrogen-bond donors (Lipinski definition) is 3. The van der Waals surface area contributed by atoms with Gasteiger partial charge in [0.05, 0.1) is 10.9 Å². The first kappa shape index (κ1) is 15.5. The van der Waals surface area contributed by atoms with Gasteiger partial charge in [0.2, 0.25) is 10.0 Å². The number of aromatic nitrogens is 4. The molecule has 1 unspecified atom stereocenters. The average molecular weight is 310 g/mol. The number of benzene rings is 1. The van der Waals surface area contributed by atoms with Gasteiger partial charge in [-0.15, -0.1) is 10.2 Å². The number of H-pyrrole nitrogens is 1. The summed E-state index contributed by atoms with van der Waals surface area (Å²) in [4.78, 5) is 0.216. The molecule has 2 aromatic rings. The summed E-state index contributed by atoms with van der Waals surface area (Å²) in [6.45, 7) is 5.10. The number of tetrazole rings is 1. The monoisotopic (exact) mass is 310 g/mol. The van der Waals surface area contributed by atoms with Crippen molar-refractivity contribution in [2.45, 2.75) is 31.3 Å². The van der Waals surface area contributed by atoms with E-state index in [2.05, 4.69) is 30.7 Å². The van der Waals surface area contributed by atoms with Gasteiger partial charge in [0, 0.05) is 6.54 Å². The highest BCUT2D eigenvalue weighted by atomic mass is 32.2. The Hall–Kier alpha value is -1.84. The van der Waals surface area contributed by atoms with Crippen LogP contribution in [-0.2, 0) is 16.6 Å². The normalized spacial score (nSPS) is 13.2. The van der Waals surface area contributed by atoms with E-state index >= 15 is 0 Å². The lowest BCUT2D eigenvalue weighted by molar-refractivity contribution is 0.559. The molecule has 3 N–H and O–H groups in total. The minimum Gasteiger partial charge on any atom is -0.313 e. The second kappa shape index (κ2) is 6.74. The van der Waals surface area contributed by atoms with E-state index in [4.69, 9.17) is 0 Å². The maximum absolute atomic E-state index is 12.3. The van der Waals surface area contributed by atoms with Gasteiger partial charge in [-0.2, -0.15) is 5.21 Å². The van der Waals surface area contributed by atoms with Crippen molar-refractivity contribution in [2.24, 2.45) is 0 Å². The van der Waals surface area contributed by atoms with Crippen molar-refractivity contribution in [3.63, 3.8) is 0 Å². The smallest absolute Gasteiger partial charge is 0.241 e. The van der Waals surface area contributed by atoms with Crippen LogP contribution in [-0.4, -0.2) is 35.6 Å². The van der Waals surface area contributed by atoms with Crippen LogP contribution in [0.15, 0.2) is 29.2 Å². The Bertz CT molecular complexity index is 671. The van der Waals surface area contributed by atoms with Crippen molar-refractivity contribution < 1.29 is 8.42 Å². The first-order valence-electron chi connectivity index (χ1n) is 6.58. The summed E-state index contributed by atoms with van der Waals surface area (Å²) in [5.74, 6) is 0.294. The third-order valence-corrected chi connectivity index (χ3v) is 4.41. The number of nitrogens with one attached hydrogen (secondary N) is 3. The van der Waals surface area contributed by atoms with Crippen LogP contribution in [0, 0.1) is 0 Å². The topological polar surface area (TPSA) is 113 Å². The Morgan fingerprint density at radius 1 is 1.38 bits per heavy atom. The van der Waals surface area contributed by atoms with Crippen LogP contribution in [0.3, 0.4) is 0 Å². The predicted octanol–water partition coefficient (Wildman–Crippen LogP) is 0.349. The standard InChI is InChI=1S/C12H18N6O2S/c1-3-13-8-10-5-4-6-11(7-10)21(19,20)16-9(2)12-14-17-18-15-12/h4-7,9,13,16H,3,8H2,1-2H3,(H,14,15,17,18). The summed E-state index contributed by atoms with van der Waals surface area (Å²) in [5.41, 5.74) is 0.909. The largest absolute Gasteiger partial charge is 0.313 e. The third kappa shape index (κ3) is 4.06. The molecule has 0 aliphatic rings. The van der Waals surface area contributed by atoms with Crippen LogP contribution in [0.2, 0.25) is 0 Å². The van der Waals surface area contributed by atoms with Gasteiger partial charge in [-0.05, 0) is 31.2 Å². The zero-order valence-electron chi connectivity index (χ0n) is 11.9. The zero-order valence-corrected chi connectivity index (χ0v) is 12.7. The maximum Gasteiger partial charge on any atom is 0.241 e. The number of aromatic amines is 1. The summed E-state index contributed by atoms with van der Waals surface area (Å²) in [6.07, 6.45) is 0. The molecule has 0 bridgehead atoms. The van der Waals surface area contributed by atoms with Crippen molar-refractivity contribution in [3.8, 4) is 0 Å².